The van der Waals surface area contributed by atoms with Gasteiger partial charge < -0.3 is 0 Å². The molecule has 0 aliphatic heterocycles. The number of aromatic nitrogens is 12. The molecule has 0 spiro atoms. The summed E-state index contributed by atoms with van der Waals surface area (Å²) in [5.41, 5.74) is 38.3. The van der Waals surface area contributed by atoms with E-state index >= 15 is 0 Å². The Kier molecular flexibility index (Phi) is 24.5. The molecule has 0 N–H and O–H groups in total. The minimum atomic E-state index is 0.455. The lowest BCUT2D eigenvalue weighted by Crippen LogP contribution is -2.32. The van der Waals surface area contributed by atoms with Gasteiger partial charge in [0.05, 0.1) is 36.0 Å². The Hall–Kier alpha value is -11.2. The van der Waals surface area contributed by atoms with Crippen molar-refractivity contribution >= 4 is 54.8 Å². The normalized spacial score (nSPS) is 11.3. The highest BCUT2D eigenvalue weighted by molar-refractivity contribution is 5.85. The predicted octanol–water partition coefficient (Wildman–Crippen LogP) is 20.5. The molecule has 12 nitrogen and oxygen atoms in total. The minimum absolute atomic E-state index is 0.455. The summed E-state index contributed by atoms with van der Waals surface area (Å²) in [6.45, 7) is 45.8. The van der Waals surface area contributed by atoms with Crippen LogP contribution < -0.4 is 22.8 Å². The van der Waals surface area contributed by atoms with Gasteiger partial charge in [-0.15, -0.1) is 0 Å². The molecule has 10 heterocycles. The molecule has 0 aliphatic carbocycles. The molecule has 560 valence electrons. The fourth-order valence-electron chi connectivity index (χ4n) is 15.0. The summed E-state index contributed by atoms with van der Waals surface area (Å²) >= 11 is 0. The number of fused-ring (bicyclic) bond motifs is 5. The van der Waals surface area contributed by atoms with Crippen molar-refractivity contribution in [2.45, 2.75) is 164 Å². The van der Waals surface area contributed by atoms with E-state index in [-0.39, 0.29) is 0 Å². The molecule has 0 atom stereocenters. The molecular formula is C98H113N12+5. The maximum Gasteiger partial charge on any atom is 0.333 e. The second-order valence-electron chi connectivity index (χ2n) is 31.9. The van der Waals surface area contributed by atoms with Gasteiger partial charge in [0, 0.05) is 82.0 Å². The van der Waals surface area contributed by atoms with Gasteiger partial charge in [0.15, 0.2) is 18.6 Å². The van der Waals surface area contributed by atoms with Crippen LogP contribution in [0, 0.1) is 110 Å². The summed E-state index contributed by atoms with van der Waals surface area (Å²) in [5, 5.41) is 5.80. The number of aryl methyl sites for hydroxylation is 15. The summed E-state index contributed by atoms with van der Waals surface area (Å²) in [4.78, 5) is 32.2. The number of benzene rings is 5. The van der Waals surface area contributed by atoms with E-state index in [1.807, 2.05) is 50.0 Å². The zero-order valence-corrected chi connectivity index (χ0v) is 70.1. The van der Waals surface area contributed by atoms with Gasteiger partial charge in [-0.05, 0) is 288 Å². The quantitative estimate of drug-likeness (QED) is 0.132. The van der Waals surface area contributed by atoms with E-state index in [0.29, 0.717) is 17.8 Å². The highest BCUT2D eigenvalue weighted by Crippen LogP contribution is 2.33. The molecular weight excluding hydrogens is 1350 g/mol. The summed E-state index contributed by atoms with van der Waals surface area (Å²) in [6, 6.07) is 43.9. The Balaban J connectivity index is 0.000000137. The van der Waals surface area contributed by atoms with E-state index in [1.54, 1.807) is 6.20 Å². The third-order valence-electron chi connectivity index (χ3n) is 21.7. The van der Waals surface area contributed by atoms with Crippen LogP contribution in [0.15, 0.2) is 183 Å². The van der Waals surface area contributed by atoms with E-state index in [2.05, 4.69) is 355 Å². The highest BCUT2D eigenvalue weighted by atomic mass is 15.1. The fourth-order valence-corrected chi connectivity index (χ4v) is 15.0. The van der Waals surface area contributed by atoms with Crippen LogP contribution in [0.4, 0.5) is 0 Å². The smallest absolute Gasteiger partial charge is 0.250 e. The van der Waals surface area contributed by atoms with Crippen molar-refractivity contribution in [3.8, 4) is 56.5 Å². The summed E-state index contributed by atoms with van der Waals surface area (Å²) in [6.07, 6.45) is 21.2. The number of pyridine rings is 8. The van der Waals surface area contributed by atoms with Crippen LogP contribution in [-0.4, -0.2) is 34.9 Å². The molecule has 10 aromatic heterocycles. The number of hydrogen-bond acceptors (Lipinski definition) is 7. The van der Waals surface area contributed by atoms with Crippen molar-refractivity contribution in [2.24, 2.45) is 41.2 Å². The van der Waals surface area contributed by atoms with E-state index in [1.165, 1.54) is 161 Å². The van der Waals surface area contributed by atoms with E-state index < -0.39 is 0 Å². The minimum Gasteiger partial charge on any atom is -0.250 e. The molecule has 0 bridgehead atoms. The van der Waals surface area contributed by atoms with E-state index in [4.69, 9.17) is 9.97 Å². The maximum absolute atomic E-state index is 4.88. The highest BCUT2D eigenvalue weighted by Gasteiger charge is 2.25. The van der Waals surface area contributed by atoms with Gasteiger partial charge in [-0.25, -0.2) is 34.1 Å². The molecule has 0 fully saturated rings. The summed E-state index contributed by atoms with van der Waals surface area (Å²) in [7, 11) is 10.4. The first-order valence-electron chi connectivity index (χ1n) is 38.7. The fraction of sp³-hybridized carbons (Fsp3) is 0.306. The molecule has 5 aromatic carbocycles. The molecule has 15 aromatic rings. The number of nitrogens with zero attached hydrogens (tertiary/aromatic N) is 12. The lowest BCUT2D eigenvalue weighted by Gasteiger charge is -2.11. The van der Waals surface area contributed by atoms with Gasteiger partial charge in [-0.1, -0.05) is 94.6 Å². The monoisotopic (exact) mass is 1460 g/mol. The van der Waals surface area contributed by atoms with Crippen molar-refractivity contribution < 1.29 is 22.8 Å². The second kappa shape index (κ2) is 33.7. The Morgan fingerprint density at radius 1 is 0.318 bits per heavy atom. The average Bonchev–Trinajstić information content (AvgIpc) is 0.795. The first kappa shape index (κ1) is 79.8. The zero-order valence-electron chi connectivity index (χ0n) is 70.1. The largest absolute Gasteiger partial charge is 0.333 e. The van der Waals surface area contributed by atoms with Crippen LogP contribution in [-0.2, 0) is 41.7 Å². The van der Waals surface area contributed by atoms with E-state index in [0.717, 1.165) is 56.7 Å². The van der Waals surface area contributed by atoms with Crippen molar-refractivity contribution in [2.75, 3.05) is 0 Å². The molecule has 110 heavy (non-hydrogen) atoms. The van der Waals surface area contributed by atoms with Crippen molar-refractivity contribution in [3.63, 3.8) is 0 Å². The SMILES string of the molecule is Cc1cc(C)c(C)c(-c2cc3cc(C(C)C)cnc3c[n+]2C)c1.Cc1cc(C)c(C)c(-c2cc3cc(CC(C)C)cnc3c[n+]2C)c1.Cc1cc(C)c(C)c(-c2cc3cccnc3c[n+]2C)c1.Cc1cc(C)c(C)c(-c2nc3nccc(C(C)C)c3c[n+]2C)c1.Cc1cc(C)c(C)c(-c2nc3ncccc3c[n+]2C)c1. The van der Waals surface area contributed by atoms with Gasteiger partial charge in [-0.3, -0.25) is 0 Å². The molecule has 0 radical (unpaired) electrons. The third-order valence-corrected chi connectivity index (χ3v) is 21.7. The first-order chi connectivity index (χ1) is 52.2. The third kappa shape index (κ3) is 17.9. The Labute approximate surface area is 653 Å². The van der Waals surface area contributed by atoms with E-state index in [9.17, 15) is 0 Å². The molecule has 0 saturated carbocycles. The van der Waals surface area contributed by atoms with Gasteiger partial charge in [0.25, 0.3) is 11.3 Å². The van der Waals surface area contributed by atoms with Crippen molar-refractivity contribution in [3.05, 3.63) is 283 Å². The zero-order chi connectivity index (χ0) is 79.4. The molecule has 12 heteroatoms. The first-order valence-corrected chi connectivity index (χ1v) is 38.7. The average molecular weight is 1460 g/mol. The lowest BCUT2D eigenvalue weighted by atomic mass is 9.96. The van der Waals surface area contributed by atoms with Crippen LogP contribution in [0.3, 0.4) is 0 Å². The number of hydrogen-bond donors (Lipinski definition) is 0. The topological polar surface area (TPSA) is 110 Å². The Bertz CT molecular complexity index is 5800. The van der Waals surface area contributed by atoms with Crippen LogP contribution >= 0.6 is 0 Å². The van der Waals surface area contributed by atoms with Crippen molar-refractivity contribution in [1.29, 1.82) is 0 Å². The van der Waals surface area contributed by atoms with Gasteiger partial charge in [-0.2, -0.15) is 13.7 Å². The molecule has 0 aliphatic rings. The predicted molar refractivity (Wildman–Crippen MR) is 455 cm³/mol. The molecule has 15 rings (SSSR count). The van der Waals surface area contributed by atoms with Gasteiger partial charge in [0.1, 0.15) is 50.1 Å². The Morgan fingerprint density at radius 2 is 0.700 bits per heavy atom. The Morgan fingerprint density at radius 3 is 1.15 bits per heavy atom. The second-order valence-corrected chi connectivity index (χ2v) is 31.9. The maximum atomic E-state index is 4.88. The van der Waals surface area contributed by atoms with Crippen LogP contribution in [0.2, 0.25) is 0 Å². The summed E-state index contributed by atoms with van der Waals surface area (Å²) < 4.78 is 10.7. The van der Waals surface area contributed by atoms with Gasteiger partial charge in [0.2, 0.25) is 17.1 Å². The number of rotatable bonds is 9. The van der Waals surface area contributed by atoms with Crippen LogP contribution in [0.1, 0.15) is 154 Å². The molecule has 0 amide bonds. The molecule has 0 saturated heterocycles. The standard InChI is InChI=1S/C22H27N2.C21H25N2.C20H24N3.C18H19N2.C17H18N3/c1-14(2)7-18-10-19-11-22(24(6)13-21(19)23-12-18)20-9-15(3)8-16(4)17(20)5;1-13(2)18-9-17-10-21(23(6)12-20(17)22-11-18)19-8-14(3)7-15(4)16(19)5;1-12(2)16-7-8-21-19-18(16)11-23(6)20(22-19)17-10-13(3)9-14(4)15(17)5;1-12-8-13(2)14(3)16(9-12)18-10-15-6-5-7-19-17(15)11-20(18)4;1-11-8-12(2)13(3)15(9-11)17-19-16-14(10-20(17)4)6-5-7-18-16/h8-14H,7H2,1-6H3;7-13H,1-6H3;7-12H,1-6H3;5-11H,1-4H3;5-10H,1-4H3/q5*+1. The van der Waals surface area contributed by atoms with Gasteiger partial charge >= 0.3 is 11.6 Å². The van der Waals surface area contributed by atoms with Crippen molar-refractivity contribution in [1.82, 2.24) is 34.9 Å². The lowest BCUT2D eigenvalue weighted by molar-refractivity contribution is -0.661. The van der Waals surface area contributed by atoms with Crippen LogP contribution in [0.25, 0.3) is 111 Å². The summed E-state index contributed by atoms with van der Waals surface area (Å²) in [5.74, 6) is 3.52. The van der Waals surface area contributed by atoms with Crippen LogP contribution in [0.5, 0.6) is 0 Å². The molecule has 0 unspecified atom stereocenters.